The zero-order valence-corrected chi connectivity index (χ0v) is 25.4. The highest BCUT2D eigenvalue weighted by molar-refractivity contribution is 5.80. The second kappa shape index (κ2) is 12.7. The first-order chi connectivity index (χ1) is 20.1. The number of likely N-dealkylation sites (tertiary alicyclic amines) is 2. The number of piperidine rings is 2. The van der Waals surface area contributed by atoms with Gasteiger partial charge in [-0.15, -0.1) is 10.2 Å². The Morgan fingerprint density at radius 3 is 2.33 bits per heavy atom. The number of ether oxygens (including phenoxy) is 1. The molecule has 0 spiro atoms. The molecule has 3 aliphatic rings. The average molecular weight is 580 g/mol. The van der Waals surface area contributed by atoms with Gasteiger partial charge in [0.25, 0.3) is 0 Å². The van der Waals surface area contributed by atoms with Gasteiger partial charge in [-0.1, -0.05) is 12.1 Å². The molecule has 2 amide bonds. The number of aromatic hydroxyl groups is 1. The Balaban J connectivity index is 1.15. The van der Waals surface area contributed by atoms with E-state index in [0.717, 1.165) is 44.5 Å². The maximum absolute atomic E-state index is 13.6. The summed E-state index contributed by atoms with van der Waals surface area (Å²) in [5.41, 5.74) is 1.68. The van der Waals surface area contributed by atoms with Crippen molar-refractivity contribution in [2.75, 3.05) is 69.6 Å². The fourth-order valence-corrected chi connectivity index (χ4v) is 6.33. The Labute approximate surface area is 248 Å². The van der Waals surface area contributed by atoms with Crippen molar-refractivity contribution in [3.8, 4) is 17.0 Å². The first-order valence-electron chi connectivity index (χ1n) is 15.2. The van der Waals surface area contributed by atoms with E-state index in [1.165, 1.54) is 0 Å². The standard InChI is InChI=1S/C31H45N7O4/c1-31(2,3)42-30(41)37-14-11-23(12-15-37)38-13-7-8-22(21-38)29(40)36-18-16-35(17-19-36)26-20-25(33-34-28(26)32-4)24-9-5-6-10-27(24)39/h5-6,9-10,20,22-23,39H,7-8,11-19,21H2,1-4H3,(H,32,34). The van der Waals surface area contributed by atoms with E-state index < -0.39 is 5.60 Å². The third-order valence-electron chi connectivity index (χ3n) is 8.56. The molecule has 1 aromatic carbocycles. The van der Waals surface area contributed by atoms with Crippen LogP contribution in [0.4, 0.5) is 16.3 Å². The first kappa shape index (κ1) is 29.9. The molecule has 0 aliphatic carbocycles. The predicted molar refractivity (Wildman–Crippen MR) is 163 cm³/mol. The molecule has 228 valence electrons. The molecule has 3 fully saturated rings. The molecular weight excluding hydrogens is 534 g/mol. The number of hydrogen-bond acceptors (Lipinski definition) is 9. The van der Waals surface area contributed by atoms with Gasteiger partial charge in [-0.3, -0.25) is 9.69 Å². The van der Waals surface area contributed by atoms with Gasteiger partial charge in [0, 0.05) is 64.5 Å². The summed E-state index contributed by atoms with van der Waals surface area (Å²) < 4.78 is 5.55. The van der Waals surface area contributed by atoms with Gasteiger partial charge in [-0.2, -0.15) is 0 Å². The van der Waals surface area contributed by atoms with Crippen molar-refractivity contribution in [3.63, 3.8) is 0 Å². The van der Waals surface area contributed by atoms with Crippen LogP contribution in [0, 0.1) is 5.92 Å². The number of rotatable bonds is 5. The molecule has 42 heavy (non-hydrogen) atoms. The van der Waals surface area contributed by atoms with Crippen molar-refractivity contribution in [2.24, 2.45) is 5.92 Å². The quantitative estimate of drug-likeness (QED) is 0.548. The smallest absolute Gasteiger partial charge is 0.410 e. The maximum Gasteiger partial charge on any atom is 0.410 e. The van der Waals surface area contributed by atoms with Crippen LogP contribution in [-0.4, -0.2) is 113 Å². The summed E-state index contributed by atoms with van der Waals surface area (Å²) in [6.07, 6.45) is 3.54. The fraction of sp³-hybridized carbons (Fsp3) is 0.613. The van der Waals surface area contributed by atoms with Gasteiger partial charge in [0.05, 0.1) is 17.3 Å². The van der Waals surface area contributed by atoms with Gasteiger partial charge in [0.15, 0.2) is 5.82 Å². The lowest BCUT2D eigenvalue weighted by molar-refractivity contribution is -0.138. The van der Waals surface area contributed by atoms with Crippen LogP contribution in [0.25, 0.3) is 11.3 Å². The molecule has 1 atom stereocenters. The van der Waals surface area contributed by atoms with E-state index in [-0.39, 0.29) is 23.7 Å². The van der Waals surface area contributed by atoms with Crippen LogP contribution in [0.5, 0.6) is 5.75 Å². The number of nitrogens with one attached hydrogen (secondary N) is 1. The molecule has 11 heteroatoms. The lowest BCUT2D eigenvalue weighted by atomic mass is 9.92. The number of phenolic OH excluding ortho intramolecular Hbond substituents is 1. The summed E-state index contributed by atoms with van der Waals surface area (Å²) in [6, 6.07) is 9.48. The van der Waals surface area contributed by atoms with Crippen molar-refractivity contribution in [1.82, 2.24) is 24.9 Å². The zero-order valence-electron chi connectivity index (χ0n) is 25.4. The number of carbonyl (C=O) groups is 2. The summed E-state index contributed by atoms with van der Waals surface area (Å²) in [5, 5.41) is 22.1. The molecule has 11 nitrogen and oxygen atoms in total. The van der Waals surface area contributed by atoms with Crippen LogP contribution in [0.3, 0.4) is 0 Å². The lowest BCUT2D eigenvalue weighted by Crippen LogP contribution is -2.55. The third-order valence-corrected chi connectivity index (χ3v) is 8.56. The number of benzene rings is 1. The molecule has 0 saturated carbocycles. The highest BCUT2D eigenvalue weighted by atomic mass is 16.6. The lowest BCUT2D eigenvalue weighted by Gasteiger charge is -2.43. The highest BCUT2D eigenvalue weighted by Gasteiger charge is 2.36. The molecule has 2 N–H and O–H groups in total. The van der Waals surface area contributed by atoms with Crippen molar-refractivity contribution < 1.29 is 19.4 Å². The molecule has 0 radical (unpaired) electrons. The Morgan fingerprint density at radius 2 is 1.67 bits per heavy atom. The minimum absolute atomic E-state index is 0.0114. The Bertz CT molecular complexity index is 1250. The van der Waals surface area contributed by atoms with Crippen molar-refractivity contribution in [1.29, 1.82) is 0 Å². The van der Waals surface area contributed by atoms with Gasteiger partial charge in [-0.25, -0.2) is 4.79 Å². The normalized spacial score (nSPS) is 20.9. The van der Waals surface area contributed by atoms with Crippen molar-refractivity contribution in [2.45, 2.75) is 58.1 Å². The fourth-order valence-electron chi connectivity index (χ4n) is 6.33. The summed E-state index contributed by atoms with van der Waals surface area (Å²) in [6.45, 7) is 11.6. The maximum atomic E-state index is 13.6. The number of nitrogens with zero attached hydrogens (tertiary/aromatic N) is 6. The van der Waals surface area contributed by atoms with Gasteiger partial charge in [0.2, 0.25) is 5.91 Å². The number of phenols is 1. The largest absolute Gasteiger partial charge is 0.507 e. The molecule has 4 heterocycles. The summed E-state index contributed by atoms with van der Waals surface area (Å²) >= 11 is 0. The number of piperazine rings is 1. The summed E-state index contributed by atoms with van der Waals surface area (Å²) in [5.74, 6) is 1.11. The third kappa shape index (κ3) is 6.88. The van der Waals surface area contributed by atoms with Crippen molar-refractivity contribution in [3.05, 3.63) is 30.3 Å². The Kier molecular flexibility index (Phi) is 9.05. The summed E-state index contributed by atoms with van der Waals surface area (Å²) in [4.78, 5) is 34.7. The number of amides is 2. The molecule has 0 bridgehead atoms. The van der Waals surface area contributed by atoms with Gasteiger partial charge in [-0.05, 0) is 71.2 Å². The van der Waals surface area contributed by atoms with Crippen LogP contribution in [0.1, 0.15) is 46.5 Å². The molecule has 1 aromatic heterocycles. The number of para-hydroxylation sites is 1. The number of carbonyl (C=O) groups excluding carboxylic acids is 2. The van der Waals surface area contributed by atoms with E-state index in [1.807, 2.05) is 55.8 Å². The first-order valence-corrected chi connectivity index (χ1v) is 15.2. The monoisotopic (exact) mass is 579 g/mol. The Morgan fingerprint density at radius 1 is 0.952 bits per heavy atom. The van der Waals surface area contributed by atoms with E-state index in [9.17, 15) is 14.7 Å². The van der Waals surface area contributed by atoms with Crippen LogP contribution in [0.15, 0.2) is 30.3 Å². The van der Waals surface area contributed by atoms with E-state index >= 15 is 0 Å². The van der Waals surface area contributed by atoms with Crippen LogP contribution in [0.2, 0.25) is 0 Å². The van der Waals surface area contributed by atoms with Crippen LogP contribution < -0.4 is 10.2 Å². The molecule has 3 saturated heterocycles. The topological polar surface area (TPSA) is 114 Å². The van der Waals surface area contributed by atoms with Gasteiger partial charge in [0.1, 0.15) is 11.4 Å². The highest BCUT2D eigenvalue weighted by Crippen LogP contribution is 2.33. The Hall–Kier alpha value is -3.60. The molecular formula is C31H45N7O4. The minimum atomic E-state index is -0.487. The minimum Gasteiger partial charge on any atom is -0.507 e. The molecule has 3 aliphatic heterocycles. The number of hydrogen-bond donors (Lipinski definition) is 2. The molecule has 2 aromatic rings. The van der Waals surface area contributed by atoms with Crippen LogP contribution >= 0.6 is 0 Å². The summed E-state index contributed by atoms with van der Waals surface area (Å²) in [7, 11) is 1.82. The second-order valence-corrected chi connectivity index (χ2v) is 12.6. The predicted octanol–water partition coefficient (Wildman–Crippen LogP) is 3.65. The van der Waals surface area contributed by atoms with E-state index in [0.29, 0.717) is 62.4 Å². The zero-order chi connectivity index (χ0) is 29.9. The number of anilines is 2. The molecule has 1 unspecified atom stereocenters. The van der Waals surface area contributed by atoms with Crippen LogP contribution in [-0.2, 0) is 9.53 Å². The van der Waals surface area contributed by atoms with Crippen molar-refractivity contribution >= 4 is 23.5 Å². The molecule has 5 rings (SSSR count). The van der Waals surface area contributed by atoms with E-state index in [1.54, 1.807) is 12.1 Å². The van der Waals surface area contributed by atoms with Gasteiger partial charge < -0.3 is 29.9 Å². The number of aromatic nitrogens is 2. The average Bonchev–Trinajstić information content (AvgIpc) is 3.00. The van der Waals surface area contributed by atoms with Gasteiger partial charge >= 0.3 is 6.09 Å². The van der Waals surface area contributed by atoms with E-state index in [4.69, 9.17) is 4.74 Å². The SMILES string of the molecule is CNc1nnc(-c2ccccc2O)cc1N1CCN(C(=O)C2CCCN(C3CCN(C(=O)OC(C)(C)C)CC3)C2)CC1. The van der Waals surface area contributed by atoms with E-state index in [2.05, 4.69) is 25.3 Å². The second-order valence-electron chi connectivity index (χ2n) is 12.6.